The van der Waals surface area contributed by atoms with E-state index in [0.29, 0.717) is 11.8 Å². The monoisotopic (exact) mass is 223 g/mol. The minimum absolute atomic E-state index is 0.323. The highest BCUT2D eigenvalue weighted by Gasteiger charge is 2.06. The molecule has 0 radical (unpaired) electrons. The molecule has 3 nitrogen and oxygen atoms in total. The van der Waals surface area contributed by atoms with Crippen LogP contribution in [0, 0.1) is 0 Å². The van der Waals surface area contributed by atoms with Crippen molar-refractivity contribution >= 4 is 0 Å². The van der Waals surface area contributed by atoms with Gasteiger partial charge in [-0.25, -0.2) is 0 Å². The smallest absolute Gasteiger partial charge is 0.115 e. The molecule has 0 amide bonds. The maximum absolute atomic E-state index is 9.19. The standard InChI is InChI=1S/C13H21NO2/c1-14-12(4-3-9-16-2)10-11-5-7-13(15)8-6-11/h5-8,12,14-15H,3-4,9-10H2,1-2H3. The van der Waals surface area contributed by atoms with E-state index >= 15 is 0 Å². The Bertz CT molecular complexity index is 284. The van der Waals surface area contributed by atoms with E-state index in [-0.39, 0.29) is 0 Å². The number of methoxy groups -OCH3 is 1. The van der Waals surface area contributed by atoms with Gasteiger partial charge in [-0.05, 0) is 44.0 Å². The Hall–Kier alpha value is -1.06. The first kappa shape index (κ1) is 13.0. The predicted octanol–water partition coefficient (Wildman–Crippen LogP) is 1.95. The van der Waals surface area contributed by atoms with E-state index < -0.39 is 0 Å². The molecule has 0 heterocycles. The maximum Gasteiger partial charge on any atom is 0.115 e. The van der Waals surface area contributed by atoms with Crippen molar-refractivity contribution < 1.29 is 9.84 Å². The first-order chi connectivity index (χ1) is 7.76. The summed E-state index contributed by atoms with van der Waals surface area (Å²) in [5.41, 5.74) is 1.24. The highest BCUT2D eigenvalue weighted by Crippen LogP contribution is 2.12. The second-order valence-electron chi connectivity index (χ2n) is 3.99. The summed E-state index contributed by atoms with van der Waals surface area (Å²) >= 11 is 0. The second-order valence-corrected chi connectivity index (χ2v) is 3.99. The van der Waals surface area contributed by atoms with Crippen LogP contribution < -0.4 is 5.32 Å². The van der Waals surface area contributed by atoms with Gasteiger partial charge < -0.3 is 15.2 Å². The van der Waals surface area contributed by atoms with Gasteiger partial charge in [0, 0.05) is 19.8 Å². The zero-order valence-corrected chi connectivity index (χ0v) is 10.1. The Kier molecular flexibility index (Phi) is 5.90. The van der Waals surface area contributed by atoms with E-state index in [9.17, 15) is 5.11 Å². The summed E-state index contributed by atoms with van der Waals surface area (Å²) in [6.45, 7) is 0.813. The number of aromatic hydroxyl groups is 1. The zero-order chi connectivity index (χ0) is 11.8. The van der Waals surface area contributed by atoms with Crippen LogP contribution in [-0.4, -0.2) is 31.9 Å². The highest BCUT2D eigenvalue weighted by atomic mass is 16.5. The molecule has 2 N–H and O–H groups in total. The number of hydrogen-bond acceptors (Lipinski definition) is 3. The number of hydrogen-bond donors (Lipinski definition) is 2. The molecule has 0 saturated heterocycles. The van der Waals surface area contributed by atoms with Crippen molar-refractivity contribution in [2.45, 2.75) is 25.3 Å². The summed E-state index contributed by atoms with van der Waals surface area (Å²) in [4.78, 5) is 0. The number of ether oxygens (including phenoxy) is 1. The van der Waals surface area contributed by atoms with Gasteiger partial charge in [0.2, 0.25) is 0 Å². The topological polar surface area (TPSA) is 41.5 Å². The van der Waals surface area contributed by atoms with Crippen molar-refractivity contribution in [3.8, 4) is 5.75 Å². The van der Waals surface area contributed by atoms with E-state index in [4.69, 9.17) is 4.74 Å². The quantitative estimate of drug-likeness (QED) is 0.694. The van der Waals surface area contributed by atoms with Gasteiger partial charge in [0.05, 0.1) is 0 Å². The van der Waals surface area contributed by atoms with Crippen molar-refractivity contribution in [3.05, 3.63) is 29.8 Å². The summed E-state index contributed by atoms with van der Waals surface area (Å²) in [6, 6.07) is 7.88. The van der Waals surface area contributed by atoms with Gasteiger partial charge in [-0.2, -0.15) is 0 Å². The Morgan fingerprint density at radius 3 is 2.56 bits per heavy atom. The van der Waals surface area contributed by atoms with Crippen molar-refractivity contribution in [2.75, 3.05) is 20.8 Å². The Morgan fingerprint density at radius 1 is 1.31 bits per heavy atom. The van der Waals surface area contributed by atoms with Crippen molar-refractivity contribution in [1.29, 1.82) is 0 Å². The maximum atomic E-state index is 9.19. The summed E-state index contributed by atoms with van der Waals surface area (Å²) < 4.78 is 5.04. The van der Waals surface area contributed by atoms with Crippen LogP contribution in [0.15, 0.2) is 24.3 Å². The molecule has 0 bridgehead atoms. The first-order valence-electron chi connectivity index (χ1n) is 5.70. The van der Waals surface area contributed by atoms with Gasteiger partial charge in [-0.3, -0.25) is 0 Å². The number of likely N-dealkylation sites (N-methyl/N-ethyl adjacent to an activating group) is 1. The van der Waals surface area contributed by atoms with Gasteiger partial charge in [-0.15, -0.1) is 0 Å². The van der Waals surface area contributed by atoms with E-state index in [1.165, 1.54) is 5.56 Å². The average molecular weight is 223 g/mol. The summed E-state index contributed by atoms with van der Waals surface area (Å²) in [6.07, 6.45) is 3.16. The molecule has 3 heteroatoms. The van der Waals surface area contributed by atoms with Crippen LogP contribution in [0.2, 0.25) is 0 Å². The average Bonchev–Trinajstić information content (AvgIpc) is 2.31. The lowest BCUT2D eigenvalue weighted by Gasteiger charge is -2.15. The minimum atomic E-state index is 0.323. The van der Waals surface area contributed by atoms with Gasteiger partial charge in [-0.1, -0.05) is 12.1 Å². The molecular weight excluding hydrogens is 202 g/mol. The van der Waals surface area contributed by atoms with Gasteiger partial charge in [0.1, 0.15) is 5.75 Å². The van der Waals surface area contributed by atoms with Gasteiger partial charge >= 0.3 is 0 Å². The number of phenolic OH excluding ortho intramolecular Hbond substituents is 1. The molecule has 0 saturated carbocycles. The molecule has 0 aliphatic rings. The van der Waals surface area contributed by atoms with E-state index in [1.807, 2.05) is 19.2 Å². The molecule has 0 aliphatic carbocycles. The summed E-state index contributed by atoms with van der Waals surface area (Å²) in [5.74, 6) is 0.323. The second kappa shape index (κ2) is 7.25. The lowest BCUT2D eigenvalue weighted by atomic mass is 10.0. The first-order valence-corrected chi connectivity index (χ1v) is 5.70. The molecular formula is C13H21NO2. The molecule has 0 aliphatic heterocycles. The third kappa shape index (κ3) is 4.64. The third-order valence-electron chi connectivity index (χ3n) is 2.73. The van der Waals surface area contributed by atoms with Crippen LogP contribution in [0.1, 0.15) is 18.4 Å². The third-order valence-corrected chi connectivity index (χ3v) is 2.73. The Morgan fingerprint density at radius 2 is 2.00 bits per heavy atom. The van der Waals surface area contributed by atoms with Crippen LogP contribution in [0.4, 0.5) is 0 Å². The van der Waals surface area contributed by atoms with Crippen molar-refractivity contribution in [2.24, 2.45) is 0 Å². The molecule has 1 rings (SSSR count). The largest absolute Gasteiger partial charge is 0.508 e. The lowest BCUT2D eigenvalue weighted by molar-refractivity contribution is 0.189. The number of nitrogens with one attached hydrogen (secondary N) is 1. The van der Waals surface area contributed by atoms with Crippen LogP contribution >= 0.6 is 0 Å². The molecule has 0 aromatic heterocycles. The van der Waals surface area contributed by atoms with Crippen molar-refractivity contribution in [3.63, 3.8) is 0 Å². The van der Waals surface area contributed by atoms with Crippen molar-refractivity contribution in [1.82, 2.24) is 5.32 Å². The Balaban J connectivity index is 2.40. The molecule has 16 heavy (non-hydrogen) atoms. The summed E-state index contributed by atoms with van der Waals surface area (Å²) in [5, 5.41) is 12.5. The van der Waals surface area contributed by atoms with Crippen LogP contribution in [0.25, 0.3) is 0 Å². The number of benzene rings is 1. The zero-order valence-electron chi connectivity index (χ0n) is 10.1. The van der Waals surface area contributed by atoms with Crippen LogP contribution in [-0.2, 0) is 11.2 Å². The molecule has 1 unspecified atom stereocenters. The molecule has 1 aromatic rings. The van der Waals surface area contributed by atoms with E-state index in [1.54, 1.807) is 19.2 Å². The lowest BCUT2D eigenvalue weighted by Crippen LogP contribution is -2.27. The molecule has 0 fully saturated rings. The fraction of sp³-hybridized carbons (Fsp3) is 0.538. The summed E-state index contributed by atoms with van der Waals surface area (Å²) in [7, 11) is 3.71. The Labute approximate surface area is 97.4 Å². The minimum Gasteiger partial charge on any atom is -0.508 e. The fourth-order valence-corrected chi connectivity index (χ4v) is 1.74. The molecule has 1 aromatic carbocycles. The number of phenols is 1. The van der Waals surface area contributed by atoms with Gasteiger partial charge in [0.25, 0.3) is 0 Å². The van der Waals surface area contributed by atoms with Gasteiger partial charge in [0.15, 0.2) is 0 Å². The SMILES string of the molecule is CNC(CCCOC)Cc1ccc(O)cc1. The molecule has 0 spiro atoms. The molecule has 1 atom stereocenters. The molecule has 90 valence electrons. The fourth-order valence-electron chi connectivity index (χ4n) is 1.74. The van der Waals surface area contributed by atoms with E-state index in [2.05, 4.69) is 5.32 Å². The van der Waals surface area contributed by atoms with E-state index in [0.717, 1.165) is 25.9 Å². The van der Waals surface area contributed by atoms with Crippen LogP contribution in [0.5, 0.6) is 5.75 Å². The van der Waals surface area contributed by atoms with Crippen LogP contribution in [0.3, 0.4) is 0 Å². The normalized spacial score (nSPS) is 12.6. The number of rotatable bonds is 7. The highest BCUT2D eigenvalue weighted by molar-refractivity contribution is 5.26. The predicted molar refractivity (Wildman–Crippen MR) is 65.8 cm³/mol.